The van der Waals surface area contributed by atoms with Crippen LogP contribution in [-0.2, 0) is 11.3 Å². The molecule has 1 heterocycles. The minimum absolute atomic E-state index is 0.0355. The highest BCUT2D eigenvalue weighted by atomic mass is 16.6. The fourth-order valence-corrected chi connectivity index (χ4v) is 2.83. The summed E-state index contributed by atoms with van der Waals surface area (Å²) < 4.78 is 16.2. The zero-order valence-electron chi connectivity index (χ0n) is 17.5. The van der Waals surface area contributed by atoms with Crippen LogP contribution in [0.1, 0.15) is 54.3 Å². The Morgan fingerprint density at radius 3 is 2.45 bits per heavy atom. The van der Waals surface area contributed by atoms with Crippen LogP contribution < -0.4 is 10.1 Å². The maximum absolute atomic E-state index is 12.4. The highest BCUT2D eigenvalue weighted by Gasteiger charge is 2.22. The number of hydrogen-bond donors (Lipinski definition) is 2. The number of nitrogens with zero attached hydrogens (tertiary/aromatic N) is 1. The molecule has 162 valence electrons. The molecule has 1 aromatic heterocycles. The molecular weight excluding hydrogens is 400 g/mol. The van der Waals surface area contributed by atoms with Crippen LogP contribution in [0.3, 0.4) is 0 Å². The van der Waals surface area contributed by atoms with E-state index in [1.54, 1.807) is 39.0 Å². The Balaban J connectivity index is 1.79. The second kappa shape index (κ2) is 9.34. The van der Waals surface area contributed by atoms with Crippen LogP contribution in [0.2, 0.25) is 0 Å². The number of ether oxygens (including phenoxy) is 2. The molecule has 0 radical (unpaired) electrons. The van der Waals surface area contributed by atoms with Crippen LogP contribution in [-0.4, -0.2) is 27.8 Å². The molecule has 0 saturated heterocycles. The van der Waals surface area contributed by atoms with Gasteiger partial charge in [0.05, 0.1) is 6.04 Å². The lowest BCUT2D eigenvalue weighted by molar-refractivity contribution is 0.0511. The van der Waals surface area contributed by atoms with E-state index < -0.39 is 23.7 Å². The van der Waals surface area contributed by atoms with Crippen LogP contribution in [0.4, 0.5) is 4.79 Å². The molecule has 0 saturated carbocycles. The molecule has 8 nitrogen and oxygen atoms in total. The predicted octanol–water partition coefficient (Wildman–Crippen LogP) is 4.57. The molecule has 1 atom stereocenters. The quantitative estimate of drug-likeness (QED) is 0.572. The average molecular weight is 424 g/mol. The van der Waals surface area contributed by atoms with Crippen molar-refractivity contribution in [1.82, 2.24) is 10.3 Å². The molecule has 8 heteroatoms. The van der Waals surface area contributed by atoms with E-state index in [0.29, 0.717) is 5.75 Å². The van der Waals surface area contributed by atoms with E-state index in [4.69, 9.17) is 19.0 Å². The van der Waals surface area contributed by atoms with E-state index in [1.807, 2.05) is 36.4 Å². The Morgan fingerprint density at radius 1 is 1.10 bits per heavy atom. The summed E-state index contributed by atoms with van der Waals surface area (Å²) in [6, 6.07) is 16.3. The second-order valence-electron chi connectivity index (χ2n) is 7.78. The van der Waals surface area contributed by atoms with E-state index in [0.717, 1.165) is 17.4 Å². The molecule has 0 spiro atoms. The van der Waals surface area contributed by atoms with E-state index >= 15 is 0 Å². The number of carboxylic acids is 1. The number of oxazole rings is 1. The van der Waals surface area contributed by atoms with Crippen LogP contribution in [0, 0.1) is 0 Å². The molecule has 0 aliphatic rings. The van der Waals surface area contributed by atoms with Gasteiger partial charge in [0, 0.05) is 0 Å². The standard InChI is InChI=1S/C23H24N2O6/c1-23(2,3)31-22(28)25-20(15-8-5-4-6-9-15)16-10-7-11-17(12-16)29-14-19-24-18(13-30-19)21(26)27/h4-13,20H,14H2,1-3H3,(H,25,28)(H,26,27). The molecule has 3 aromatic rings. The van der Waals surface area contributed by atoms with Gasteiger partial charge in [-0.2, -0.15) is 0 Å². The van der Waals surface area contributed by atoms with Gasteiger partial charge in [0.15, 0.2) is 12.3 Å². The number of rotatable bonds is 7. The average Bonchev–Trinajstić information content (AvgIpc) is 3.20. The highest BCUT2D eigenvalue weighted by molar-refractivity contribution is 5.84. The van der Waals surface area contributed by atoms with Crippen LogP contribution in [0.5, 0.6) is 5.75 Å². The number of benzene rings is 2. The van der Waals surface area contributed by atoms with Crippen molar-refractivity contribution in [2.75, 3.05) is 0 Å². The number of amides is 1. The van der Waals surface area contributed by atoms with E-state index in [9.17, 15) is 9.59 Å². The molecule has 1 unspecified atom stereocenters. The van der Waals surface area contributed by atoms with Gasteiger partial charge in [0.1, 0.15) is 17.6 Å². The molecule has 3 rings (SSSR count). The van der Waals surface area contributed by atoms with Crippen molar-refractivity contribution in [2.24, 2.45) is 0 Å². The Kier molecular flexibility index (Phi) is 6.59. The third-order valence-corrected chi connectivity index (χ3v) is 4.12. The Morgan fingerprint density at radius 2 is 1.81 bits per heavy atom. The van der Waals surface area contributed by atoms with Crippen molar-refractivity contribution in [2.45, 2.75) is 39.0 Å². The smallest absolute Gasteiger partial charge is 0.408 e. The number of aromatic nitrogens is 1. The first-order valence-electron chi connectivity index (χ1n) is 9.66. The summed E-state index contributed by atoms with van der Waals surface area (Å²) in [5, 5.41) is 11.8. The Bertz CT molecular complexity index is 1040. The lowest BCUT2D eigenvalue weighted by Gasteiger charge is -2.24. The first-order chi connectivity index (χ1) is 14.7. The highest BCUT2D eigenvalue weighted by Crippen LogP contribution is 2.26. The van der Waals surface area contributed by atoms with Gasteiger partial charge in [0.25, 0.3) is 0 Å². The fourth-order valence-electron chi connectivity index (χ4n) is 2.83. The number of nitrogens with one attached hydrogen (secondary N) is 1. The Labute approximate surface area is 179 Å². The van der Waals surface area contributed by atoms with Crippen molar-refractivity contribution < 1.29 is 28.6 Å². The first kappa shape index (κ1) is 21.9. The molecule has 0 bridgehead atoms. The number of alkyl carbamates (subject to hydrolysis) is 1. The van der Waals surface area contributed by atoms with Gasteiger partial charge in [-0.05, 0) is 44.0 Å². The molecule has 2 aromatic carbocycles. The Hall–Kier alpha value is -3.81. The van der Waals surface area contributed by atoms with E-state index in [1.165, 1.54) is 0 Å². The third kappa shape index (κ3) is 6.33. The topological polar surface area (TPSA) is 111 Å². The largest absolute Gasteiger partial charge is 0.484 e. The summed E-state index contributed by atoms with van der Waals surface area (Å²) in [6.07, 6.45) is 0.529. The number of aromatic carboxylic acids is 1. The van der Waals surface area contributed by atoms with Gasteiger partial charge < -0.3 is 24.3 Å². The number of hydrogen-bond acceptors (Lipinski definition) is 6. The summed E-state index contributed by atoms with van der Waals surface area (Å²) in [7, 11) is 0. The summed E-state index contributed by atoms with van der Waals surface area (Å²) in [5.41, 5.74) is 0.858. The van der Waals surface area contributed by atoms with Gasteiger partial charge in [-0.25, -0.2) is 14.6 Å². The maximum atomic E-state index is 12.4. The third-order valence-electron chi connectivity index (χ3n) is 4.12. The lowest BCUT2D eigenvalue weighted by atomic mass is 9.98. The van der Waals surface area contributed by atoms with Gasteiger partial charge >= 0.3 is 12.1 Å². The van der Waals surface area contributed by atoms with E-state index in [2.05, 4.69) is 10.3 Å². The zero-order chi connectivity index (χ0) is 22.4. The summed E-state index contributed by atoms with van der Waals surface area (Å²) in [5.74, 6) is -0.510. The van der Waals surface area contributed by atoms with Crippen molar-refractivity contribution in [3.8, 4) is 5.75 Å². The molecular formula is C23H24N2O6. The van der Waals surface area contributed by atoms with Crippen molar-refractivity contribution in [3.05, 3.63) is 83.6 Å². The van der Waals surface area contributed by atoms with Gasteiger partial charge in [-0.15, -0.1) is 0 Å². The van der Waals surface area contributed by atoms with Crippen molar-refractivity contribution in [1.29, 1.82) is 0 Å². The summed E-state index contributed by atoms with van der Waals surface area (Å²) in [4.78, 5) is 27.2. The molecule has 0 aliphatic heterocycles. The monoisotopic (exact) mass is 424 g/mol. The predicted molar refractivity (Wildman–Crippen MR) is 112 cm³/mol. The number of carbonyl (C=O) groups is 2. The first-order valence-corrected chi connectivity index (χ1v) is 9.66. The number of carbonyl (C=O) groups excluding carboxylic acids is 1. The minimum Gasteiger partial charge on any atom is -0.484 e. The van der Waals surface area contributed by atoms with Crippen molar-refractivity contribution >= 4 is 12.1 Å². The normalized spacial score (nSPS) is 12.1. The zero-order valence-corrected chi connectivity index (χ0v) is 17.5. The van der Waals surface area contributed by atoms with Crippen LogP contribution >= 0.6 is 0 Å². The van der Waals surface area contributed by atoms with Crippen LogP contribution in [0.25, 0.3) is 0 Å². The molecule has 0 fully saturated rings. The van der Waals surface area contributed by atoms with Crippen LogP contribution in [0.15, 0.2) is 65.3 Å². The second-order valence-corrected chi connectivity index (χ2v) is 7.78. The molecule has 1 amide bonds. The lowest BCUT2D eigenvalue weighted by Crippen LogP contribution is -2.35. The molecule has 0 aliphatic carbocycles. The SMILES string of the molecule is CC(C)(C)OC(=O)NC(c1ccccc1)c1cccc(OCc2nc(C(=O)O)co2)c1. The van der Waals surface area contributed by atoms with Gasteiger partial charge in [-0.1, -0.05) is 42.5 Å². The van der Waals surface area contributed by atoms with Crippen molar-refractivity contribution in [3.63, 3.8) is 0 Å². The van der Waals surface area contributed by atoms with Gasteiger partial charge in [0.2, 0.25) is 5.89 Å². The fraction of sp³-hybridized carbons (Fsp3) is 0.261. The molecule has 2 N–H and O–H groups in total. The molecule has 31 heavy (non-hydrogen) atoms. The van der Waals surface area contributed by atoms with E-state index in [-0.39, 0.29) is 18.2 Å². The minimum atomic E-state index is -1.17. The van der Waals surface area contributed by atoms with Gasteiger partial charge in [-0.3, -0.25) is 0 Å². The summed E-state index contributed by atoms with van der Waals surface area (Å²) in [6.45, 7) is 5.37. The maximum Gasteiger partial charge on any atom is 0.408 e. The summed E-state index contributed by atoms with van der Waals surface area (Å²) >= 11 is 0. The number of carboxylic acid groups (broad SMARTS) is 1.